The van der Waals surface area contributed by atoms with Crippen LogP contribution in [0.3, 0.4) is 0 Å². The van der Waals surface area contributed by atoms with Gasteiger partial charge in [-0.25, -0.2) is 20.4 Å². The number of carbonyl (C=O) groups excluding carboxylic acids is 2. The zero-order valence-corrected chi connectivity index (χ0v) is 5.17. The van der Waals surface area contributed by atoms with Crippen LogP contribution in [-0.4, -0.2) is 19.3 Å². The van der Waals surface area contributed by atoms with Gasteiger partial charge in [-0.05, 0) is 0 Å². The predicted molar refractivity (Wildman–Crippen MR) is 83.3 cm³/mol. The molecule has 6 nitrogen and oxygen atoms in total. The van der Waals surface area contributed by atoms with Crippen LogP contribution in [0.4, 0.5) is 0 Å². The van der Waals surface area contributed by atoms with Crippen LogP contribution in [-0.2, 0) is 14.3 Å². The van der Waals surface area contributed by atoms with Gasteiger partial charge >= 0.3 is 0 Å². The maximum atomic E-state index is 8.35. The van der Waals surface area contributed by atoms with Gasteiger partial charge in [0, 0.05) is 0 Å². The smallest absolute Gasteiger partial charge is 0.286 e. The van der Waals surface area contributed by atoms with Crippen LogP contribution in [0.2, 0.25) is 0 Å². The third-order valence-electron chi connectivity index (χ3n) is 0.0913. The van der Waals surface area contributed by atoms with Crippen molar-refractivity contribution in [1.29, 1.82) is 16.1 Å². The van der Waals surface area contributed by atoms with Crippen molar-refractivity contribution in [1.82, 2.24) is 0 Å². The van der Waals surface area contributed by atoms with Crippen molar-refractivity contribution >= 4 is 12.2 Å². The molecule has 0 aromatic heterocycles. The largest absolute Gasteiger partial charge is 0.431 e. The van der Waals surface area contributed by atoms with Gasteiger partial charge in [-0.3, -0.25) is 0 Å². The van der Waals surface area contributed by atoms with E-state index >= 15 is 0 Å². The molecule has 0 heterocycles. The average Bonchev–Trinajstić information content (AvgIpc) is 1.91. The van der Waals surface area contributed by atoms with Crippen LogP contribution in [0.15, 0.2) is 0 Å². The van der Waals surface area contributed by atoms with Crippen molar-refractivity contribution in [2.45, 2.75) is 59.4 Å². The van der Waals surface area contributed by atoms with E-state index in [-0.39, 0.29) is 59.4 Å². The molecule has 6 heteroatoms. The molecular formula is C12H37N3O3. The zero-order valence-electron chi connectivity index (χ0n) is 5.17. The number of hydrogen-bond donors (Lipinski definition) is 2. The lowest BCUT2D eigenvalue weighted by Crippen LogP contribution is -1.55. The first kappa shape index (κ1) is 143. The summed E-state index contributed by atoms with van der Waals surface area (Å²) in [5.41, 5.74) is 0. The Morgan fingerprint density at radius 3 is 0.833 bits per heavy atom. The fourth-order valence-corrected chi connectivity index (χ4v) is 0. The maximum Gasteiger partial charge on any atom is 0.286 e. The standard InChI is InChI=1S/C2H3NO.2CHNO.8CH4/c1-4-2-3;2*2-1-3;;;;;;;;/h1H3;2*2H;8*1H4. The SMILES string of the molecule is C.C.C.C.C.C.C.C.COC#N.N=C=O.N=C=O. The molecule has 0 aliphatic carbocycles. The highest BCUT2D eigenvalue weighted by Gasteiger charge is 1.42. The van der Waals surface area contributed by atoms with E-state index in [1.165, 1.54) is 13.4 Å². The first-order valence-electron chi connectivity index (χ1n) is 1.74. The minimum absolute atomic E-state index is 0. The molecule has 0 rings (SSSR count). The Morgan fingerprint density at radius 2 is 0.833 bits per heavy atom. The summed E-state index contributed by atoms with van der Waals surface area (Å²) >= 11 is 0. The van der Waals surface area contributed by atoms with Gasteiger partial charge in [0.05, 0.1) is 7.11 Å². The number of isocyanates is 2. The molecule has 2 N–H and O–H groups in total. The Morgan fingerprint density at radius 1 is 0.778 bits per heavy atom. The predicted octanol–water partition coefficient (Wildman–Crippen LogP) is 5.00. The van der Waals surface area contributed by atoms with E-state index in [0.717, 1.165) is 12.2 Å². The van der Waals surface area contributed by atoms with Gasteiger partial charge in [0.25, 0.3) is 6.26 Å². The first-order chi connectivity index (χ1) is 4.74. The third kappa shape index (κ3) is 2650. The molecular weight excluding hydrogens is 234 g/mol. The second-order valence-corrected chi connectivity index (χ2v) is 0.500. The van der Waals surface area contributed by atoms with Gasteiger partial charge in [0.15, 0.2) is 0 Å². The maximum absolute atomic E-state index is 8.35. The van der Waals surface area contributed by atoms with Gasteiger partial charge in [-0.2, -0.15) is 5.26 Å². The molecule has 0 bridgehead atoms. The highest BCUT2D eigenvalue weighted by molar-refractivity contribution is 5.26. The van der Waals surface area contributed by atoms with Crippen LogP contribution < -0.4 is 0 Å². The number of rotatable bonds is 0. The van der Waals surface area contributed by atoms with Crippen LogP contribution >= 0.6 is 0 Å². The Labute approximate surface area is 116 Å². The van der Waals surface area contributed by atoms with E-state index in [1.54, 1.807) is 0 Å². The normalized spacial score (nSPS) is 1.78. The zero-order chi connectivity index (χ0) is 8.83. The topological polar surface area (TPSA) is 115 Å². The number of ether oxygens (including phenoxy) is 1. The van der Waals surface area contributed by atoms with Crippen LogP contribution in [0.5, 0.6) is 0 Å². The van der Waals surface area contributed by atoms with E-state index in [0.29, 0.717) is 0 Å². The fraction of sp³-hybridized carbons (Fsp3) is 0.750. The van der Waals surface area contributed by atoms with E-state index in [1.807, 2.05) is 0 Å². The Hall–Kier alpha value is -1.95. The van der Waals surface area contributed by atoms with Crippen molar-refractivity contribution in [3.8, 4) is 6.26 Å². The van der Waals surface area contributed by atoms with E-state index in [4.69, 9.17) is 25.7 Å². The molecule has 118 valence electrons. The summed E-state index contributed by atoms with van der Waals surface area (Å²) in [6.45, 7) is 0. The first-order valence-corrected chi connectivity index (χ1v) is 1.74. The molecule has 0 saturated carbocycles. The molecule has 0 fully saturated rings. The summed E-state index contributed by atoms with van der Waals surface area (Å²) in [5, 5.41) is 18.2. The molecule has 0 spiro atoms. The molecule has 0 atom stereocenters. The number of nitriles is 1. The molecule has 0 unspecified atom stereocenters. The number of nitrogens with zero attached hydrogens (tertiary/aromatic N) is 1. The highest BCUT2D eigenvalue weighted by Crippen LogP contribution is 1.41. The summed E-state index contributed by atoms with van der Waals surface area (Å²) in [6.07, 6.45) is 2.93. The van der Waals surface area contributed by atoms with Crippen molar-refractivity contribution in [2.75, 3.05) is 7.11 Å². The quantitative estimate of drug-likeness (QED) is 0.366. The monoisotopic (exact) mass is 271 g/mol. The lowest BCUT2D eigenvalue weighted by Gasteiger charge is -1.61. The van der Waals surface area contributed by atoms with E-state index < -0.39 is 0 Å². The van der Waals surface area contributed by atoms with Crippen molar-refractivity contribution in [2.24, 2.45) is 0 Å². The second-order valence-electron chi connectivity index (χ2n) is 0.500. The van der Waals surface area contributed by atoms with Crippen molar-refractivity contribution in [3.05, 3.63) is 0 Å². The van der Waals surface area contributed by atoms with E-state index in [2.05, 4.69) is 4.74 Å². The summed E-state index contributed by atoms with van der Waals surface area (Å²) in [7, 11) is 1.32. The van der Waals surface area contributed by atoms with Gasteiger partial charge in [0.1, 0.15) is 0 Å². The molecule has 0 aliphatic rings. The molecule has 0 radical (unpaired) electrons. The minimum Gasteiger partial charge on any atom is -0.431 e. The van der Waals surface area contributed by atoms with E-state index in [9.17, 15) is 0 Å². The van der Waals surface area contributed by atoms with Crippen molar-refractivity contribution in [3.63, 3.8) is 0 Å². The highest BCUT2D eigenvalue weighted by atomic mass is 16.5. The van der Waals surface area contributed by atoms with Crippen LogP contribution in [0.1, 0.15) is 59.4 Å². The molecule has 18 heavy (non-hydrogen) atoms. The van der Waals surface area contributed by atoms with Crippen LogP contribution in [0.25, 0.3) is 0 Å². The second kappa shape index (κ2) is 707. The van der Waals surface area contributed by atoms with Gasteiger partial charge in [0.2, 0.25) is 12.2 Å². The fourth-order valence-electron chi connectivity index (χ4n) is 0. The molecule has 0 aliphatic heterocycles. The summed E-state index contributed by atoms with van der Waals surface area (Å²) < 4.78 is 3.85. The molecule has 0 saturated heterocycles. The van der Waals surface area contributed by atoms with Crippen molar-refractivity contribution < 1.29 is 14.3 Å². The minimum atomic E-state index is 0. The third-order valence-corrected chi connectivity index (χ3v) is 0.0913. The Balaban J connectivity index is -0.00000000374. The Kier molecular flexibility index (Phi) is 5600. The lowest BCUT2D eigenvalue weighted by molar-refractivity contribution is 0.362. The number of nitrogens with one attached hydrogen (secondary N) is 2. The summed E-state index contributed by atoms with van der Waals surface area (Å²) in [6, 6.07) is 0. The number of hydrogen-bond acceptors (Lipinski definition) is 6. The van der Waals surface area contributed by atoms with Gasteiger partial charge in [-0.15, -0.1) is 0 Å². The average molecular weight is 271 g/mol. The van der Waals surface area contributed by atoms with Gasteiger partial charge in [-0.1, -0.05) is 59.4 Å². The molecule has 0 aromatic carbocycles. The molecule has 0 amide bonds. The van der Waals surface area contributed by atoms with Gasteiger partial charge < -0.3 is 4.74 Å². The molecule has 0 aromatic rings. The number of methoxy groups -OCH3 is 1. The Bertz CT molecular complexity index is 142. The van der Waals surface area contributed by atoms with Crippen LogP contribution in [0, 0.1) is 22.3 Å². The lowest BCUT2D eigenvalue weighted by atomic mass is 11.5. The summed E-state index contributed by atoms with van der Waals surface area (Å²) in [4.78, 5) is 16.7. The summed E-state index contributed by atoms with van der Waals surface area (Å²) in [5.74, 6) is 0.